The van der Waals surface area contributed by atoms with Crippen molar-refractivity contribution in [2.24, 2.45) is 0 Å². The van der Waals surface area contributed by atoms with Gasteiger partial charge in [0.1, 0.15) is 5.91 Å². The van der Waals surface area contributed by atoms with Crippen LogP contribution in [0.4, 0.5) is 10.1 Å². The Hall–Kier alpha value is -0.660. The summed E-state index contributed by atoms with van der Waals surface area (Å²) in [7, 11) is 2.04. The summed E-state index contributed by atoms with van der Waals surface area (Å²) in [6.07, 6.45) is 0. The third-order valence-corrected chi connectivity index (χ3v) is 2.03. The first-order valence-electron chi connectivity index (χ1n) is 4.42. The number of aryl methyl sites for hydroxylation is 1. The first-order chi connectivity index (χ1) is 6.59. The Morgan fingerprint density at radius 2 is 2.29 bits per heavy atom. The Bertz CT molecular complexity index is 304. The fourth-order valence-electron chi connectivity index (χ4n) is 1.13. The number of alkyl halides is 1. The minimum Gasteiger partial charge on any atom is -0.398 e. The van der Waals surface area contributed by atoms with E-state index in [0.717, 1.165) is 11.1 Å². The average molecular weight is 215 g/mol. The molecule has 0 aliphatic carbocycles. The van der Waals surface area contributed by atoms with E-state index in [1.165, 1.54) is 0 Å². The van der Waals surface area contributed by atoms with Crippen molar-refractivity contribution in [2.45, 2.75) is 19.4 Å². The van der Waals surface area contributed by atoms with Crippen molar-refractivity contribution >= 4 is 14.9 Å². The first-order valence-corrected chi connectivity index (χ1v) is 5.08. The van der Waals surface area contributed by atoms with Gasteiger partial charge in [-0.25, -0.2) is 4.39 Å². The van der Waals surface area contributed by atoms with Crippen LogP contribution in [0.25, 0.3) is 0 Å². The summed E-state index contributed by atoms with van der Waals surface area (Å²) in [6, 6.07) is 5.75. The monoisotopic (exact) mass is 215 g/mol. The summed E-state index contributed by atoms with van der Waals surface area (Å²) >= 11 is 0. The number of benzene rings is 1. The zero-order valence-corrected chi connectivity index (χ0v) is 9.32. The zero-order chi connectivity index (χ0) is 10.6. The second kappa shape index (κ2) is 5.28. The second-order valence-electron chi connectivity index (χ2n) is 3.23. The van der Waals surface area contributed by atoms with E-state index in [1.54, 1.807) is 0 Å². The van der Waals surface area contributed by atoms with Crippen molar-refractivity contribution in [3.05, 3.63) is 29.3 Å². The SMILES string of the molecule is Cc1ccc(COCC(F)P)c(N)c1. The van der Waals surface area contributed by atoms with Crippen LogP contribution in [0, 0.1) is 6.92 Å². The minimum atomic E-state index is -1.01. The number of nitrogen functional groups attached to an aromatic ring is 1. The summed E-state index contributed by atoms with van der Waals surface area (Å²) in [5, 5.41) is 0. The molecule has 4 heteroatoms. The molecule has 0 fully saturated rings. The number of nitrogens with two attached hydrogens (primary N) is 1. The highest BCUT2D eigenvalue weighted by Gasteiger charge is 2.01. The molecule has 2 N–H and O–H groups in total. The van der Waals surface area contributed by atoms with Crippen LogP contribution in [0.1, 0.15) is 11.1 Å². The lowest BCUT2D eigenvalue weighted by Gasteiger charge is -2.08. The molecule has 0 heterocycles. The van der Waals surface area contributed by atoms with Gasteiger partial charge in [0, 0.05) is 11.3 Å². The molecule has 1 aromatic carbocycles. The molecule has 1 aromatic rings. The number of anilines is 1. The molecular formula is C10H15FNOP. The van der Waals surface area contributed by atoms with Crippen molar-refractivity contribution in [1.29, 1.82) is 0 Å². The normalized spacial score (nSPS) is 12.8. The van der Waals surface area contributed by atoms with Gasteiger partial charge in [-0.1, -0.05) is 21.4 Å². The van der Waals surface area contributed by atoms with Crippen molar-refractivity contribution in [3.8, 4) is 0 Å². The van der Waals surface area contributed by atoms with E-state index >= 15 is 0 Å². The van der Waals surface area contributed by atoms with Gasteiger partial charge in [0.15, 0.2) is 0 Å². The first kappa shape index (κ1) is 11.4. The molecular weight excluding hydrogens is 200 g/mol. The van der Waals surface area contributed by atoms with Gasteiger partial charge in [0.2, 0.25) is 0 Å². The topological polar surface area (TPSA) is 35.2 Å². The van der Waals surface area contributed by atoms with Gasteiger partial charge in [-0.3, -0.25) is 0 Å². The average Bonchev–Trinajstić information content (AvgIpc) is 2.08. The molecule has 0 saturated carbocycles. The summed E-state index contributed by atoms with van der Waals surface area (Å²) in [4.78, 5) is 0. The molecule has 14 heavy (non-hydrogen) atoms. The molecule has 2 nitrogen and oxygen atoms in total. The smallest absolute Gasteiger partial charge is 0.136 e. The fraction of sp³-hybridized carbons (Fsp3) is 0.400. The molecule has 2 atom stereocenters. The maximum atomic E-state index is 12.4. The molecule has 0 aliphatic heterocycles. The Labute approximate surface area is 85.8 Å². The van der Waals surface area contributed by atoms with Gasteiger partial charge in [-0.05, 0) is 18.6 Å². The lowest BCUT2D eigenvalue weighted by molar-refractivity contribution is 0.0970. The zero-order valence-electron chi connectivity index (χ0n) is 8.16. The van der Waals surface area contributed by atoms with Crippen LogP contribution in [-0.2, 0) is 11.3 Å². The number of rotatable bonds is 4. The van der Waals surface area contributed by atoms with E-state index in [-0.39, 0.29) is 6.61 Å². The van der Waals surface area contributed by atoms with Gasteiger partial charge in [0.05, 0.1) is 13.2 Å². The van der Waals surface area contributed by atoms with Crippen LogP contribution < -0.4 is 5.73 Å². The summed E-state index contributed by atoms with van der Waals surface area (Å²) in [5.41, 5.74) is 8.47. The maximum Gasteiger partial charge on any atom is 0.136 e. The van der Waals surface area contributed by atoms with Crippen LogP contribution >= 0.6 is 9.24 Å². The third kappa shape index (κ3) is 3.60. The summed E-state index contributed by atoms with van der Waals surface area (Å²) < 4.78 is 17.5. The highest BCUT2D eigenvalue weighted by atomic mass is 31.0. The molecule has 0 amide bonds. The molecule has 0 aromatic heterocycles. The summed E-state index contributed by atoms with van der Waals surface area (Å²) in [5.74, 6) is -1.01. The molecule has 0 aliphatic rings. The molecule has 2 unspecified atom stereocenters. The molecule has 0 bridgehead atoms. The van der Waals surface area contributed by atoms with Gasteiger partial charge in [0.25, 0.3) is 0 Å². The Morgan fingerprint density at radius 1 is 1.57 bits per heavy atom. The highest BCUT2D eigenvalue weighted by Crippen LogP contribution is 2.15. The molecule has 0 spiro atoms. The van der Waals surface area contributed by atoms with Crippen molar-refractivity contribution < 1.29 is 9.13 Å². The quantitative estimate of drug-likeness (QED) is 0.617. The predicted octanol–water partition coefficient (Wildman–Crippen LogP) is 2.26. The molecule has 1 rings (SSSR count). The Kier molecular flexibility index (Phi) is 4.30. The molecule has 0 saturated heterocycles. The van der Waals surface area contributed by atoms with E-state index in [0.29, 0.717) is 12.3 Å². The lowest BCUT2D eigenvalue weighted by Crippen LogP contribution is -2.04. The number of hydrogen-bond acceptors (Lipinski definition) is 2. The van der Waals surface area contributed by atoms with E-state index in [4.69, 9.17) is 10.5 Å². The van der Waals surface area contributed by atoms with Gasteiger partial charge < -0.3 is 10.5 Å². The summed E-state index contributed by atoms with van der Waals surface area (Å²) in [6.45, 7) is 2.42. The number of halogens is 1. The number of hydrogen-bond donors (Lipinski definition) is 1. The van der Waals surface area contributed by atoms with E-state index in [9.17, 15) is 4.39 Å². The van der Waals surface area contributed by atoms with E-state index in [1.807, 2.05) is 34.4 Å². The lowest BCUT2D eigenvalue weighted by atomic mass is 10.1. The van der Waals surface area contributed by atoms with Crippen LogP contribution in [0.5, 0.6) is 0 Å². The predicted molar refractivity (Wildman–Crippen MR) is 59.9 cm³/mol. The standard InChI is InChI=1S/C10H15FNOP/c1-7-2-3-8(9(12)4-7)5-13-6-10(11)14/h2-4,10H,5-6,12,14H2,1H3. The van der Waals surface area contributed by atoms with Crippen LogP contribution in [-0.4, -0.2) is 12.5 Å². The van der Waals surface area contributed by atoms with Crippen LogP contribution in [0.15, 0.2) is 18.2 Å². The number of ether oxygens (including phenoxy) is 1. The van der Waals surface area contributed by atoms with Crippen molar-refractivity contribution in [3.63, 3.8) is 0 Å². The highest BCUT2D eigenvalue weighted by molar-refractivity contribution is 7.17. The van der Waals surface area contributed by atoms with Gasteiger partial charge >= 0.3 is 0 Å². The minimum absolute atomic E-state index is 0.0813. The Morgan fingerprint density at radius 3 is 2.86 bits per heavy atom. The van der Waals surface area contributed by atoms with Crippen molar-refractivity contribution in [2.75, 3.05) is 12.3 Å². The van der Waals surface area contributed by atoms with E-state index < -0.39 is 5.91 Å². The van der Waals surface area contributed by atoms with Crippen LogP contribution in [0.2, 0.25) is 0 Å². The maximum absolute atomic E-state index is 12.4. The van der Waals surface area contributed by atoms with Crippen molar-refractivity contribution in [1.82, 2.24) is 0 Å². The third-order valence-electron chi connectivity index (χ3n) is 1.84. The van der Waals surface area contributed by atoms with E-state index in [2.05, 4.69) is 0 Å². The second-order valence-corrected chi connectivity index (χ2v) is 3.96. The Balaban J connectivity index is 2.51. The molecule has 78 valence electrons. The largest absolute Gasteiger partial charge is 0.398 e. The fourth-order valence-corrected chi connectivity index (χ4v) is 1.26. The van der Waals surface area contributed by atoms with Gasteiger partial charge in [-0.15, -0.1) is 0 Å². The van der Waals surface area contributed by atoms with Crippen LogP contribution in [0.3, 0.4) is 0 Å². The molecule has 0 radical (unpaired) electrons. The van der Waals surface area contributed by atoms with Gasteiger partial charge in [-0.2, -0.15) is 0 Å².